The Morgan fingerprint density at radius 1 is 1.10 bits per heavy atom. The van der Waals surface area contributed by atoms with Crippen molar-refractivity contribution in [2.24, 2.45) is 11.8 Å². The Labute approximate surface area is 130 Å². The van der Waals surface area contributed by atoms with Gasteiger partial charge in [0.25, 0.3) is 0 Å². The second-order valence-electron chi connectivity index (χ2n) is 4.99. The van der Waals surface area contributed by atoms with Gasteiger partial charge in [-0.15, -0.1) is 0 Å². The molecule has 21 heavy (non-hydrogen) atoms. The lowest BCUT2D eigenvalue weighted by molar-refractivity contribution is -0.161. The second-order valence-corrected chi connectivity index (χ2v) is 6.25. The molecule has 0 radical (unpaired) electrons. The summed E-state index contributed by atoms with van der Waals surface area (Å²) in [5.74, 6) is -2.36. The smallest absolute Gasteiger partial charge is 0.320 e. The minimum absolute atomic E-state index is 0.283. The number of benzene rings is 1. The lowest BCUT2D eigenvalue weighted by atomic mass is 9.79. The first-order chi connectivity index (χ1) is 9.92. The quantitative estimate of drug-likeness (QED) is 0.597. The van der Waals surface area contributed by atoms with E-state index >= 15 is 0 Å². The zero-order chi connectivity index (χ0) is 16.0. The molecule has 0 fully saturated rings. The second kappa shape index (κ2) is 7.50. The van der Waals surface area contributed by atoms with Crippen molar-refractivity contribution in [1.29, 1.82) is 0 Å². The summed E-state index contributed by atoms with van der Waals surface area (Å²) >= 11 is 1.60. The summed E-state index contributed by atoms with van der Waals surface area (Å²) in [5, 5.41) is 0. The van der Waals surface area contributed by atoms with E-state index in [-0.39, 0.29) is 5.92 Å². The van der Waals surface area contributed by atoms with Crippen molar-refractivity contribution in [2.75, 3.05) is 20.5 Å². The van der Waals surface area contributed by atoms with Crippen LogP contribution in [0.1, 0.15) is 19.4 Å². The number of esters is 2. The molecule has 0 saturated heterocycles. The molecule has 0 saturated carbocycles. The molecule has 116 valence electrons. The molecule has 0 heterocycles. The van der Waals surface area contributed by atoms with Gasteiger partial charge in [-0.05, 0) is 24.7 Å². The molecule has 0 aliphatic rings. The third-order valence-electron chi connectivity index (χ3n) is 4.05. The summed E-state index contributed by atoms with van der Waals surface area (Å²) in [6.07, 6.45) is 1.97. The summed E-state index contributed by atoms with van der Waals surface area (Å²) in [6.45, 7) is 3.90. The van der Waals surface area contributed by atoms with Crippen LogP contribution in [-0.2, 0) is 23.8 Å². The molecule has 1 rings (SSSR count). The van der Waals surface area contributed by atoms with Crippen molar-refractivity contribution in [3.63, 3.8) is 0 Å². The molecule has 0 bridgehead atoms. The molecule has 1 aromatic rings. The van der Waals surface area contributed by atoms with Gasteiger partial charge in [0.1, 0.15) is 0 Å². The van der Waals surface area contributed by atoms with Crippen molar-refractivity contribution >= 4 is 23.7 Å². The maximum atomic E-state index is 12.0. The van der Waals surface area contributed by atoms with Crippen molar-refractivity contribution in [1.82, 2.24) is 0 Å². The fourth-order valence-corrected chi connectivity index (χ4v) is 3.29. The first-order valence-electron chi connectivity index (χ1n) is 6.68. The largest absolute Gasteiger partial charge is 0.468 e. The van der Waals surface area contributed by atoms with Gasteiger partial charge < -0.3 is 9.47 Å². The highest BCUT2D eigenvalue weighted by atomic mass is 32.2. The lowest BCUT2D eigenvalue weighted by Gasteiger charge is -2.37. The van der Waals surface area contributed by atoms with Gasteiger partial charge >= 0.3 is 11.9 Å². The highest BCUT2D eigenvalue weighted by molar-refractivity contribution is 7.99. The van der Waals surface area contributed by atoms with Crippen LogP contribution in [-0.4, -0.2) is 32.4 Å². The Hall–Kier alpha value is -1.49. The normalized spacial score (nSPS) is 15.1. The summed E-state index contributed by atoms with van der Waals surface area (Å²) in [6, 6.07) is 9.83. The monoisotopic (exact) mass is 310 g/mol. The molecule has 0 aliphatic heterocycles. The van der Waals surface area contributed by atoms with Gasteiger partial charge in [0, 0.05) is 4.75 Å². The topological polar surface area (TPSA) is 52.6 Å². The average Bonchev–Trinajstić information content (AvgIpc) is 2.54. The number of rotatable bonds is 6. The number of ether oxygens (including phenoxy) is 2. The van der Waals surface area contributed by atoms with E-state index in [0.29, 0.717) is 0 Å². The van der Waals surface area contributed by atoms with Crippen LogP contribution in [0.5, 0.6) is 0 Å². The zero-order valence-electron chi connectivity index (χ0n) is 13.1. The third-order valence-corrected chi connectivity index (χ3v) is 5.51. The van der Waals surface area contributed by atoms with E-state index < -0.39 is 22.6 Å². The fourth-order valence-electron chi connectivity index (χ4n) is 2.41. The Bertz CT molecular complexity index is 472. The molecule has 0 aliphatic carbocycles. The van der Waals surface area contributed by atoms with Gasteiger partial charge in [-0.1, -0.05) is 37.3 Å². The minimum atomic E-state index is -0.947. The van der Waals surface area contributed by atoms with Crippen molar-refractivity contribution < 1.29 is 19.1 Å². The summed E-state index contributed by atoms with van der Waals surface area (Å²) in [5.41, 5.74) is 1.06. The summed E-state index contributed by atoms with van der Waals surface area (Å²) in [7, 11) is 2.56. The maximum Gasteiger partial charge on any atom is 0.320 e. The van der Waals surface area contributed by atoms with Crippen LogP contribution in [0.3, 0.4) is 0 Å². The van der Waals surface area contributed by atoms with E-state index in [1.54, 1.807) is 11.8 Å². The SMILES string of the molecule is COC(=O)C(C(=O)OC)[C@@H](C)[C@@](C)(SC)c1ccccc1. The van der Waals surface area contributed by atoms with Gasteiger partial charge in [0.05, 0.1) is 14.2 Å². The molecular formula is C16H22O4S. The summed E-state index contributed by atoms with van der Waals surface area (Å²) < 4.78 is 9.16. The van der Waals surface area contributed by atoms with Crippen molar-refractivity contribution in [2.45, 2.75) is 18.6 Å². The van der Waals surface area contributed by atoms with Gasteiger partial charge in [-0.2, -0.15) is 11.8 Å². The van der Waals surface area contributed by atoms with Crippen LogP contribution in [0, 0.1) is 11.8 Å². The first-order valence-corrected chi connectivity index (χ1v) is 7.91. The van der Waals surface area contributed by atoms with E-state index in [1.165, 1.54) is 14.2 Å². The number of hydrogen-bond acceptors (Lipinski definition) is 5. The van der Waals surface area contributed by atoms with Crippen LogP contribution in [0.15, 0.2) is 30.3 Å². The van der Waals surface area contributed by atoms with E-state index in [9.17, 15) is 9.59 Å². The van der Waals surface area contributed by atoms with E-state index in [4.69, 9.17) is 9.47 Å². The molecule has 2 atom stereocenters. The molecular weight excluding hydrogens is 288 g/mol. The van der Waals surface area contributed by atoms with E-state index in [0.717, 1.165) is 5.56 Å². The molecule has 1 aromatic carbocycles. The number of thioether (sulfide) groups is 1. The van der Waals surface area contributed by atoms with Gasteiger partial charge in [0.15, 0.2) is 5.92 Å². The average molecular weight is 310 g/mol. The van der Waals surface area contributed by atoms with Gasteiger partial charge in [-0.3, -0.25) is 9.59 Å². The number of carbonyl (C=O) groups excluding carboxylic acids is 2. The van der Waals surface area contributed by atoms with E-state index in [2.05, 4.69) is 0 Å². The number of carbonyl (C=O) groups is 2. The molecule has 0 amide bonds. The molecule has 0 N–H and O–H groups in total. The highest BCUT2D eigenvalue weighted by Gasteiger charge is 2.45. The van der Waals surface area contributed by atoms with Crippen LogP contribution < -0.4 is 0 Å². The van der Waals surface area contributed by atoms with Crippen molar-refractivity contribution in [3.8, 4) is 0 Å². The van der Waals surface area contributed by atoms with Gasteiger partial charge in [-0.25, -0.2) is 0 Å². The van der Waals surface area contributed by atoms with Gasteiger partial charge in [0.2, 0.25) is 0 Å². The Kier molecular flexibility index (Phi) is 6.27. The van der Waals surface area contributed by atoms with Crippen LogP contribution in [0.4, 0.5) is 0 Å². The van der Waals surface area contributed by atoms with Crippen molar-refractivity contribution in [3.05, 3.63) is 35.9 Å². The minimum Gasteiger partial charge on any atom is -0.468 e. The predicted molar refractivity (Wildman–Crippen MR) is 84.0 cm³/mol. The zero-order valence-corrected chi connectivity index (χ0v) is 13.9. The Morgan fingerprint density at radius 2 is 1.57 bits per heavy atom. The Morgan fingerprint density at radius 3 is 1.95 bits per heavy atom. The standard InChI is InChI=1S/C16H22O4S/c1-11(13(14(17)19-3)15(18)20-4)16(2,21-5)12-9-7-6-8-10-12/h6-11,13H,1-5H3/t11-,16-/m1/s1. The third kappa shape index (κ3) is 3.59. The predicted octanol–water partition coefficient (Wildman–Crippen LogP) is 2.86. The first kappa shape index (κ1) is 17.6. The van der Waals surface area contributed by atoms with E-state index in [1.807, 2.05) is 50.4 Å². The highest BCUT2D eigenvalue weighted by Crippen LogP contribution is 2.45. The lowest BCUT2D eigenvalue weighted by Crippen LogP contribution is -2.41. The van der Waals surface area contributed by atoms with Crippen LogP contribution in [0.25, 0.3) is 0 Å². The number of methoxy groups -OCH3 is 2. The van der Waals surface area contributed by atoms with Crippen LogP contribution in [0.2, 0.25) is 0 Å². The molecule has 0 unspecified atom stereocenters. The summed E-state index contributed by atoms with van der Waals surface area (Å²) in [4.78, 5) is 24.0. The number of hydrogen-bond donors (Lipinski definition) is 0. The van der Waals surface area contributed by atoms with Crippen LogP contribution >= 0.6 is 11.8 Å². The molecule has 0 aromatic heterocycles. The Balaban J connectivity index is 3.24. The molecule has 0 spiro atoms. The fraction of sp³-hybridized carbons (Fsp3) is 0.500. The molecule has 5 heteroatoms. The molecule has 4 nitrogen and oxygen atoms in total. The maximum absolute atomic E-state index is 12.0.